The normalized spacial score (nSPS) is 31.0. The first-order chi connectivity index (χ1) is 10.6. The number of rotatable bonds is 1. The highest BCUT2D eigenvalue weighted by Crippen LogP contribution is 2.49. The summed E-state index contributed by atoms with van der Waals surface area (Å²) in [5.41, 5.74) is -3.10. The van der Waals surface area contributed by atoms with Crippen molar-refractivity contribution < 1.29 is 27.5 Å². The second kappa shape index (κ2) is 5.09. The molecule has 1 aromatic rings. The number of nitrogens with zero attached hydrogens (tertiary/aromatic N) is 2. The predicted molar refractivity (Wildman–Crippen MR) is 74.6 cm³/mol. The van der Waals surface area contributed by atoms with Crippen molar-refractivity contribution >= 4 is 11.6 Å². The van der Waals surface area contributed by atoms with Crippen LogP contribution in [-0.2, 0) is 0 Å². The average molecular weight is 330 g/mol. The molecule has 2 heterocycles. The van der Waals surface area contributed by atoms with Gasteiger partial charge >= 0.3 is 12.1 Å². The maximum absolute atomic E-state index is 13.6. The van der Waals surface area contributed by atoms with Gasteiger partial charge in [0.25, 0.3) is 5.72 Å². The lowest BCUT2D eigenvalue weighted by Gasteiger charge is -2.39. The lowest BCUT2D eigenvalue weighted by Crippen LogP contribution is -2.61. The van der Waals surface area contributed by atoms with Gasteiger partial charge in [-0.25, -0.2) is 0 Å². The molecular weight excluding hydrogens is 313 g/mol. The lowest BCUT2D eigenvalue weighted by molar-refractivity contribution is -0.313. The van der Waals surface area contributed by atoms with E-state index in [1.54, 1.807) is 6.92 Å². The Kier molecular flexibility index (Phi) is 3.55. The Bertz CT molecular complexity index is 667. The molecule has 1 aliphatic heterocycles. The van der Waals surface area contributed by atoms with Crippen LogP contribution in [0.2, 0.25) is 0 Å². The zero-order valence-corrected chi connectivity index (χ0v) is 12.7. The Labute approximate surface area is 130 Å². The first kappa shape index (κ1) is 16.0. The maximum Gasteiger partial charge on any atom is 0.439 e. The van der Waals surface area contributed by atoms with Gasteiger partial charge in [-0.15, -0.1) is 0 Å². The molecule has 1 amide bonds. The summed E-state index contributed by atoms with van der Waals surface area (Å²) >= 11 is 0. The monoisotopic (exact) mass is 330 g/mol. The molecular formula is C15H17F3N2O3. The fraction of sp³-hybridized carbons (Fsp3) is 0.600. The van der Waals surface area contributed by atoms with Gasteiger partial charge in [-0.2, -0.15) is 23.3 Å². The summed E-state index contributed by atoms with van der Waals surface area (Å²) in [6, 6.07) is 2.75. The smallest absolute Gasteiger partial charge is 0.439 e. The van der Waals surface area contributed by atoms with Crippen molar-refractivity contribution in [2.75, 3.05) is 0 Å². The number of hydrogen-bond donors (Lipinski definition) is 1. The van der Waals surface area contributed by atoms with Gasteiger partial charge in [0.15, 0.2) is 5.76 Å². The van der Waals surface area contributed by atoms with Crippen LogP contribution in [0.5, 0.6) is 0 Å². The van der Waals surface area contributed by atoms with Crippen molar-refractivity contribution in [2.45, 2.75) is 45.0 Å². The summed E-state index contributed by atoms with van der Waals surface area (Å²) in [5.74, 6) is -2.18. The molecule has 2 aliphatic rings. The number of hydrazone groups is 1. The third kappa shape index (κ3) is 2.36. The molecule has 0 spiro atoms. The third-order valence-electron chi connectivity index (χ3n) is 4.53. The quantitative estimate of drug-likeness (QED) is 0.860. The number of furan rings is 1. The SMILES string of the molecule is Cc1ccc(C(=O)N2N=C3CC[C@H](C)C[C@H]3[C@@]2(O)C(F)(F)F)o1. The third-order valence-corrected chi connectivity index (χ3v) is 4.53. The van der Waals surface area contributed by atoms with Crippen LogP contribution in [0.15, 0.2) is 21.7 Å². The Balaban J connectivity index is 2.03. The molecule has 0 aromatic carbocycles. The van der Waals surface area contributed by atoms with Crippen LogP contribution < -0.4 is 0 Å². The number of carbonyl (C=O) groups is 1. The number of aliphatic hydroxyl groups is 1. The number of amides is 1. The van der Waals surface area contributed by atoms with E-state index >= 15 is 0 Å². The highest BCUT2D eigenvalue weighted by molar-refractivity contribution is 5.98. The van der Waals surface area contributed by atoms with Crippen LogP contribution in [-0.4, -0.2) is 33.6 Å². The van der Waals surface area contributed by atoms with E-state index in [9.17, 15) is 23.1 Å². The molecule has 126 valence electrons. The van der Waals surface area contributed by atoms with Gasteiger partial charge in [-0.1, -0.05) is 6.92 Å². The van der Waals surface area contributed by atoms with E-state index in [1.165, 1.54) is 12.1 Å². The van der Waals surface area contributed by atoms with Gasteiger partial charge in [0, 0.05) is 5.71 Å². The molecule has 1 aliphatic carbocycles. The number of alkyl halides is 3. The Hall–Kier alpha value is -1.83. The topological polar surface area (TPSA) is 66.0 Å². The molecule has 1 aromatic heterocycles. The number of hydrogen-bond acceptors (Lipinski definition) is 4. The molecule has 3 atom stereocenters. The van der Waals surface area contributed by atoms with Gasteiger partial charge < -0.3 is 9.52 Å². The van der Waals surface area contributed by atoms with E-state index in [1.807, 2.05) is 6.92 Å². The molecule has 1 fully saturated rings. The van der Waals surface area contributed by atoms with E-state index in [-0.39, 0.29) is 28.8 Å². The van der Waals surface area contributed by atoms with Crippen molar-refractivity contribution in [1.82, 2.24) is 5.01 Å². The molecule has 1 N–H and O–H groups in total. The van der Waals surface area contributed by atoms with E-state index in [0.717, 1.165) is 0 Å². The molecule has 1 saturated carbocycles. The summed E-state index contributed by atoms with van der Waals surface area (Å²) in [6.07, 6.45) is -3.86. The van der Waals surface area contributed by atoms with Crippen molar-refractivity contribution in [3.63, 3.8) is 0 Å². The zero-order chi connectivity index (χ0) is 17.0. The van der Waals surface area contributed by atoms with Crippen LogP contribution in [0.4, 0.5) is 13.2 Å². The minimum Gasteiger partial charge on any atom is -0.456 e. The van der Waals surface area contributed by atoms with E-state index in [2.05, 4.69) is 5.10 Å². The fourth-order valence-electron chi connectivity index (χ4n) is 3.27. The predicted octanol–water partition coefficient (Wildman–Crippen LogP) is 3.09. The summed E-state index contributed by atoms with van der Waals surface area (Å²) in [4.78, 5) is 12.4. The van der Waals surface area contributed by atoms with Crippen LogP contribution in [0, 0.1) is 18.8 Å². The van der Waals surface area contributed by atoms with E-state index in [0.29, 0.717) is 18.6 Å². The summed E-state index contributed by atoms with van der Waals surface area (Å²) < 4.78 is 46.0. The van der Waals surface area contributed by atoms with Crippen LogP contribution in [0.25, 0.3) is 0 Å². The Morgan fingerprint density at radius 3 is 2.74 bits per heavy atom. The summed E-state index contributed by atoms with van der Waals surface area (Å²) in [6.45, 7) is 3.40. The standard InChI is InChI=1S/C15H17F3N2O3/c1-8-3-5-11-10(7-8)14(22,15(16,17)18)20(19-11)13(21)12-6-4-9(2)23-12/h4,6,8,10,22H,3,5,7H2,1-2H3/t8-,10+,14+/m0/s1. The zero-order valence-electron chi connectivity index (χ0n) is 12.7. The Morgan fingerprint density at radius 1 is 1.48 bits per heavy atom. The molecule has 0 bridgehead atoms. The maximum atomic E-state index is 13.6. The van der Waals surface area contributed by atoms with Gasteiger partial charge in [-0.05, 0) is 44.2 Å². The van der Waals surface area contributed by atoms with E-state index in [4.69, 9.17) is 4.42 Å². The van der Waals surface area contributed by atoms with Crippen molar-refractivity contribution in [3.05, 3.63) is 23.7 Å². The largest absolute Gasteiger partial charge is 0.456 e. The van der Waals surface area contributed by atoms with Crippen LogP contribution >= 0.6 is 0 Å². The van der Waals surface area contributed by atoms with Gasteiger partial charge in [0.1, 0.15) is 5.76 Å². The first-order valence-electron chi connectivity index (χ1n) is 7.42. The van der Waals surface area contributed by atoms with Gasteiger partial charge in [0.05, 0.1) is 5.92 Å². The molecule has 8 heteroatoms. The van der Waals surface area contributed by atoms with Crippen molar-refractivity contribution in [1.29, 1.82) is 0 Å². The van der Waals surface area contributed by atoms with Gasteiger partial charge in [-0.3, -0.25) is 4.79 Å². The van der Waals surface area contributed by atoms with Crippen LogP contribution in [0.3, 0.4) is 0 Å². The number of carbonyl (C=O) groups excluding carboxylic acids is 1. The summed E-state index contributed by atoms with van der Waals surface area (Å²) in [5, 5.41) is 14.4. The molecule has 5 nitrogen and oxygen atoms in total. The van der Waals surface area contributed by atoms with Crippen LogP contribution in [0.1, 0.15) is 42.5 Å². The lowest BCUT2D eigenvalue weighted by atomic mass is 9.76. The van der Waals surface area contributed by atoms with Crippen molar-refractivity contribution in [3.8, 4) is 0 Å². The van der Waals surface area contributed by atoms with E-state index < -0.39 is 23.7 Å². The molecule has 0 saturated heterocycles. The summed E-state index contributed by atoms with van der Waals surface area (Å²) in [7, 11) is 0. The number of aryl methyl sites for hydroxylation is 1. The number of halogens is 3. The van der Waals surface area contributed by atoms with Crippen molar-refractivity contribution in [2.24, 2.45) is 16.9 Å². The Morgan fingerprint density at radius 2 is 2.17 bits per heavy atom. The highest BCUT2D eigenvalue weighted by Gasteiger charge is 2.69. The highest BCUT2D eigenvalue weighted by atomic mass is 19.4. The molecule has 0 unspecified atom stereocenters. The second-order valence-corrected chi connectivity index (χ2v) is 6.27. The average Bonchev–Trinajstić information content (AvgIpc) is 3.01. The molecule has 23 heavy (non-hydrogen) atoms. The second-order valence-electron chi connectivity index (χ2n) is 6.27. The molecule has 0 radical (unpaired) electrons. The minimum atomic E-state index is -5.02. The molecule has 3 rings (SSSR count). The van der Waals surface area contributed by atoms with Gasteiger partial charge in [0.2, 0.25) is 0 Å². The minimum absolute atomic E-state index is 0.0220. The first-order valence-corrected chi connectivity index (χ1v) is 7.42. The fourth-order valence-corrected chi connectivity index (χ4v) is 3.27. The number of fused-ring (bicyclic) bond motifs is 1.